The zero-order valence-electron chi connectivity index (χ0n) is 15.0. The molecule has 1 heterocycles. The van der Waals surface area contributed by atoms with E-state index in [2.05, 4.69) is 5.32 Å². The highest BCUT2D eigenvalue weighted by molar-refractivity contribution is 5.91. The van der Waals surface area contributed by atoms with Crippen LogP contribution in [0.15, 0.2) is 48.5 Å². The first-order valence-electron chi connectivity index (χ1n) is 8.97. The van der Waals surface area contributed by atoms with Crippen molar-refractivity contribution in [2.24, 2.45) is 0 Å². The van der Waals surface area contributed by atoms with E-state index in [-0.39, 0.29) is 23.8 Å². The molecule has 1 aliphatic heterocycles. The first-order valence-corrected chi connectivity index (χ1v) is 8.97. The van der Waals surface area contributed by atoms with E-state index in [0.29, 0.717) is 25.1 Å². The van der Waals surface area contributed by atoms with E-state index in [1.54, 1.807) is 18.2 Å². The number of carboxylic acids is 1. The van der Waals surface area contributed by atoms with Crippen LogP contribution in [0.25, 0.3) is 0 Å². The molecule has 2 amide bonds. The van der Waals surface area contributed by atoms with Gasteiger partial charge in [-0.1, -0.05) is 42.5 Å². The summed E-state index contributed by atoms with van der Waals surface area (Å²) in [6.07, 6.45) is 1.50. The minimum Gasteiger partial charge on any atom is -0.478 e. The van der Waals surface area contributed by atoms with Crippen molar-refractivity contribution in [2.75, 3.05) is 6.54 Å². The van der Waals surface area contributed by atoms with Crippen molar-refractivity contribution in [1.82, 2.24) is 10.2 Å². The van der Waals surface area contributed by atoms with Crippen molar-refractivity contribution in [3.05, 3.63) is 70.8 Å². The molecule has 27 heavy (non-hydrogen) atoms. The molecule has 140 valence electrons. The number of benzene rings is 2. The van der Waals surface area contributed by atoms with Crippen molar-refractivity contribution in [3.63, 3.8) is 0 Å². The van der Waals surface area contributed by atoms with Crippen molar-refractivity contribution < 1.29 is 19.5 Å². The fourth-order valence-electron chi connectivity index (χ4n) is 3.27. The molecule has 6 nitrogen and oxygen atoms in total. The van der Waals surface area contributed by atoms with E-state index in [1.165, 1.54) is 6.07 Å². The van der Waals surface area contributed by atoms with Crippen molar-refractivity contribution in [2.45, 2.75) is 32.4 Å². The Kier molecular flexibility index (Phi) is 5.86. The third-order valence-electron chi connectivity index (χ3n) is 4.73. The molecular weight excluding hydrogens is 344 g/mol. The van der Waals surface area contributed by atoms with E-state index < -0.39 is 5.97 Å². The van der Waals surface area contributed by atoms with E-state index >= 15 is 0 Å². The Morgan fingerprint density at radius 3 is 2.33 bits per heavy atom. The molecule has 0 saturated carbocycles. The highest BCUT2D eigenvalue weighted by Gasteiger charge is 2.21. The smallest absolute Gasteiger partial charge is 0.335 e. The molecule has 0 atom stereocenters. The Morgan fingerprint density at radius 2 is 1.67 bits per heavy atom. The molecule has 6 heteroatoms. The third-order valence-corrected chi connectivity index (χ3v) is 4.73. The third kappa shape index (κ3) is 4.73. The van der Waals surface area contributed by atoms with Gasteiger partial charge in [-0.2, -0.15) is 0 Å². The maximum absolute atomic E-state index is 12.3. The molecule has 1 saturated heterocycles. The van der Waals surface area contributed by atoms with Gasteiger partial charge < -0.3 is 15.3 Å². The van der Waals surface area contributed by atoms with E-state index in [4.69, 9.17) is 0 Å². The van der Waals surface area contributed by atoms with Gasteiger partial charge >= 0.3 is 5.97 Å². The van der Waals surface area contributed by atoms with Crippen LogP contribution in [0, 0.1) is 0 Å². The van der Waals surface area contributed by atoms with Crippen LogP contribution in [0.5, 0.6) is 0 Å². The number of hydrogen-bond donors (Lipinski definition) is 2. The maximum Gasteiger partial charge on any atom is 0.335 e. The summed E-state index contributed by atoms with van der Waals surface area (Å²) >= 11 is 0. The number of amides is 2. The zero-order chi connectivity index (χ0) is 19.2. The number of hydrogen-bond acceptors (Lipinski definition) is 3. The first kappa shape index (κ1) is 18.6. The summed E-state index contributed by atoms with van der Waals surface area (Å²) in [6.45, 7) is 1.66. The number of aromatic carboxylic acids is 1. The average Bonchev–Trinajstić information content (AvgIpc) is 3.06. The van der Waals surface area contributed by atoms with Gasteiger partial charge in [0, 0.05) is 26.1 Å². The van der Waals surface area contributed by atoms with Gasteiger partial charge in [0.15, 0.2) is 0 Å². The molecule has 0 aromatic heterocycles. The van der Waals surface area contributed by atoms with Gasteiger partial charge in [0.05, 0.1) is 12.0 Å². The molecule has 2 aromatic carbocycles. The van der Waals surface area contributed by atoms with Crippen LogP contribution in [-0.4, -0.2) is 34.3 Å². The fourth-order valence-corrected chi connectivity index (χ4v) is 3.27. The van der Waals surface area contributed by atoms with Crippen LogP contribution < -0.4 is 5.32 Å². The lowest BCUT2D eigenvalue weighted by Crippen LogP contribution is -2.28. The number of nitrogens with one attached hydrogen (secondary N) is 1. The minimum absolute atomic E-state index is 0.00918. The van der Waals surface area contributed by atoms with Crippen LogP contribution in [0.4, 0.5) is 0 Å². The van der Waals surface area contributed by atoms with Crippen LogP contribution in [0.3, 0.4) is 0 Å². The van der Waals surface area contributed by atoms with Gasteiger partial charge in [0.25, 0.3) is 0 Å². The average molecular weight is 366 g/mol. The zero-order valence-corrected chi connectivity index (χ0v) is 15.0. The van der Waals surface area contributed by atoms with Crippen molar-refractivity contribution in [3.8, 4) is 0 Å². The Hall–Kier alpha value is -3.15. The predicted octanol–water partition coefficient (Wildman–Crippen LogP) is 2.37. The Labute approximate surface area is 157 Å². The highest BCUT2D eigenvalue weighted by Crippen LogP contribution is 2.17. The standard InChI is InChI=1S/C21H22N2O4/c24-19(12-15-6-3-4-9-18(15)21(26)27)22-13-16-7-1-2-8-17(16)14-23-11-5-10-20(23)25/h1-4,6-9H,5,10-14H2,(H,22,24)(H,26,27). The van der Waals surface area contributed by atoms with Crippen LogP contribution in [-0.2, 0) is 29.1 Å². The number of carbonyl (C=O) groups excluding carboxylic acids is 2. The molecule has 3 rings (SSSR count). The molecule has 1 aliphatic rings. The second-order valence-corrected chi connectivity index (χ2v) is 6.60. The van der Waals surface area contributed by atoms with Crippen LogP contribution >= 0.6 is 0 Å². The summed E-state index contributed by atoms with van der Waals surface area (Å²) < 4.78 is 0. The second-order valence-electron chi connectivity index (χ2n) is 6.60. The van der Waals surface area contributed by atoms with Gasteiger partial charge in [0.1, 0.15) is 0 Å². The summed E-state index contributed by atoms with van der Waals surface area (Å²) in [4.78, 5) is 37.2. The largest absolute Gasteiger partial charge is 0.478 e. The minimum atomic E-state index is -1.04. The monoisotopic (exact) mass is 366 g/mol. The molecule has 0 spiro atoms. The van der Waals surface area contributed by atoms with Gasteiger partial charge in [-0.25, -0.2) is 4.79 Å². The summed E-state index contributed by atoms with van der Waals surface area (Å²) in [5.41, 5.74) is 2.59. The lowest BCUT2D eigenvalue weighted by atomic mass is 10.0. The molecular formula is C21H22N2O4. The lowest BCUT2D eigenvalue weighted by molar-refractivity contribution is -0.128. The lowest BCUT2D eigenvalue weighted by Gasteiger charge is -2.18. The van der Waals surface area contributed by atoms with Gasteiger partial charge in [-0.05, 0) is 29.2 Å². The number of rotatable bonds is 7. The van der Waals surface area contributed by atoms with Gasteiger partial charge in [-0.3, -0.25) is 9.59 Å². The number of nitrogens with zero attached hydrogens (tertiary/aromatic N) is 1. The van der Waals surface area contributed by atoms with E-state index in [9.17, 15) is 19.5 Å². The molecule has 1 fully saturated rings. The quantitative estimate of drug-likeness (QED) is 0.788. The van der Waals surface area contributed by atoms with Gasteiger partial charge in [-0.15, -0.1) is 0 Å². The molecule has 2 N–H and O–H groups in total. The van der Waals surface area contributed by atoms with Gasteiger partial charge in [0.2, 0.25) is 11.8 Å². The molecule has 0 aliphatic carbocycles. The Morgan fingerprint density at radius 1 is 1.00 bits per heavy atom. The number of carboxylic acid groups (broad SMARTS) is 1. The fraction of sp³-hybridized carbons (Fsp3) is 0.286. The maximum atomic E-state index is 12.3. The predicted molar refractivity (Wildman–Crippen MR) is 100 cm³/mol. The highest BCUT2D eigenvalue weighted by atomic mass is 16.4. The topological polar surface area (TPSA) is 86.7 Å². The SMILES string of the molecule is O=C(Cc1ccccc1C(=O)O)NCc1ccccc1CN1CCCC1=O. The number of carbonyl (C=O) groups is 3. The molecule has 0 unspecified atom stereocenters. The van der Waals surface area contributed by atoms with Crippen molar-refractivity contribution in [1.29, 1.82) is 0 Å². The molecule has 0 radical (unpaired) electrons. The summed E-state index contributed by atoms with van der Waals surface area (Å²) in [6, 6.07) is 14.2. The van der Waals surface area contributed by atoms with E-state index in [0.717, 1.165) is 24.1 Å². The number of likely N-dealkylation sites (tertiary alicyclic amines) is 1. The Balaban J connectivity index is 1.63. The summed E-state index contributed by atoms with van der Waals surface area (Å²) in [5.74, 6) is -1.12. The summed E-state index contributed by atoms with van der Waals surface area (Å²) in [5, 5.41) is 12.1. The first-order chi connectivity index (χ1) is 13.0. The van der Waals surface area contributed by atoms with E-state index in [1.807, 2.05) is 29.2 Å². The Bertz CT molecular complexity index is 863. The summed E-state index contributed by atoms with van der Waals surface area (Å²) in [7, 11) is 0. The normalized spacial score (nSPS) is 13.6. The van der Waals surface area contributed by atoms with Crippen LogP contribution in [0.1, 0.15) is 39.9 Å². The van der Waals surface area contributed by atoms with Crippen molar-refractivity contribution >= 4 is 17.8 Å². The van der Waals surface area contributed by atoms with Crippen LogP contribution in [0.2, 0.25) is 0 Å². The molecule has 0 bridgehead atoms. The second kappa shape index (κ2) is 8.49. The molecule has 2 aromatic rings.